The number of aromatic amines is 4. The van der Waals surface area contributed by atoms with Crippen molar-refractivity contribution >= 4 is 41.8 Å². The van der Waals surface area contributed by atoms with Crippen molar-refractivity contribution in [2.75, 3.05) is 24.7 Å². The molecule has 34 heteroatoms. The Balaban J connectivity index is 0.000000170. The minimum Gasteiger partial charge on any atom is -0.394 e. The Hall–Kier alpha value is -6.39. The molecule has 2 fully saturated rings. The summed E-state index contributed by atoms with van der Waals surface area (Å²) in [6.07, 6.45) is -8.43. The van der Waals surface area contributed by atoms with Gasteiger partial charge in [-0.3, -0.25) is 33.2 Å². The average molecular weight is 911 g/mol. The van der Waals surface area contributed by atoms with Gasteiger partial charge in [-0.15, -0.1) is 0 Å². The van der Waals surface area contributed by atoms with Crippen molar-refractivity contribution in [1.29, 1.82) is 0 Å². The molecule has 15 N–H and O–H groups in total. The van der Waals surface area contributed by atoms with E-state index < -0.39 is 116 Å². The molecule has 0 radical (unpaired) electrons. The lowest BCUT2D eigenvalue weighted by Gasteiger charge is -2.16. The van der Waals surface area contributed by atoms with Crippen molar-refractivity contribution in [2.24, 2.45) is 0 Å². The Kier molecular flexibility index (Phi) is 14.4. The zero-order valence-corrected chi connectivity index (χ0v) is 31.3. The minimum absolute atomic E-state index is 0.0323. The second-order valence-corrected chi connectivity index (χ2v) is 13.5. The van der Waals surface area contributed by atoms with Crippen LogP contribution in [0.25, 0.3) is 22.3 Å². The zero-order chi connectivity index (χ0) is 45.8. The third-order valence-corrected chi connectivity index (χ3v) is 8.69. The number of rotatable bonds is 6. The smallest absolute Gasteiger partial charge is 0.394 e. The maximum atomic E-state index is 13.3. The molecule has 336 valence electrons. The first-order valence-corrected chi connectivity index (χ1v) is 18.2. The molecule has 6 aromatic rings. The quantitative estimate of drug-likeness (QED) is 0.0422. The van der Waals surface area contributed by atoms with Crippen molar-refractivity contribution in [3.63, 3.8) is 0 Å². The van der Waals surface area contributed by atoms with Gasteiger partial charge in [-0.05, 0) is 0 Å². The topological polar surface area (TPSA) is 457 Å². The lowest BCUT2D eigenvalue weighted by atomic mass is 10.1. The highest BCUT2D eigenvalue weighted by Gasteiger charge is 2.46. The maximum absolute atomic E-state index is 13.3. The second-order valence-electron chi connectivity index (χ2n) is 12.3. The van der Waals surface area contributed by atoms with Crippen LogP contribution in [0.1, 0.15) is 12.5 Å². The number of ether oxygens (including phenoxy) is 2. The van der Waals surface area contributed by atoms with E-state index in [2.05, 4.69) is 34.4 Å². The molecule has 0 spiro atoms. The molecule has 0 bridgehead atoms. The van der Waals surface area contributed by atoms with Gasteiger partial charge >= 0.3 is 31.4 Å². The molecule has 6 aromatic heterocycles. The normalized spacial score (nSPS) is 23.3. The maximum Gasteiger partial charge on any atom is 0.469 e. The van der Waals surface area contributed by atoms with E-state index in [0.717, 1.165) is 10.9 Å². The van der Waals surface area contributed by atoms with Crippen LogP contribution in [0.3, 0.4) is 0 Å². The van der Waals surface area contributed by atoms with Crippen LogP contribution in [-0.4, -0.2) is 144 Å². The molecule has 2 aliphatic heterocycles. The summed E-state index contributed by atoms with van der Waals surface area (Å²) in [6, 6.07) is 0. The molecule has 8 heterocycles. The number of nitrogens with two attached hydrogens (primary N) is 2. The Morgan fingerprint density at radius 2 is 1.10 bits per heavy atom. The fraction of sp³-hybridized carbons (Fsp3) is 0.357. The van der Waals surface area contributed by atoms with Crippen molar-refractivity contribution in [3.05, 3.63) is 90.5 Å². The van der Waals surface area contributed by atoms with Crippen molar-refractivity contribution in [3.8, 4) is 0 Å². The number of nitrogens with one attached hydrogen (secondary N) is 4. The summed E-state index contributed by atoms with van der Waals surface area (Å²) in [4.78, 5) is 86.9. The van der Waals surface area contributed by atoms with Gasteiger partial charge < -0.3 is 66.2 Å². The molecule has 62 heavy (non-hydrogen) atoms. The molecule has 8 rings (SSSR count). The van der Waals surface area contributed by atoms with Gasteiger partial charge in [0.15, 0.2) is 46.4 Å². The second kappa shape index (κ2) is 19.1. The highest BCUT2D eigenvalue weighted by Crippen LogP contribution is 2.39. The number of fused-ring (bicyclic) bond motifs is 2. The third kappa shape index (κ3) is 10.7. The van der Waals surface area contributed by atoms with Crippen LogP contribution in [0, 0.1) is 23.8 Å². The summed E-state index contributed by atoms with van der Waals surface area (Å²) in [5, 5.41) is 48.7. The molecule has 0 amide bonds. The molecule has 0 saturated carbocycles. The summed E-state index contributed by atoms with van der Waals surface area (Å²) in [5.41, 5.74) is 7.82. The number of hydrogen-bond acceptors (Lipinski definition) is 21. The van der Waals surface area contributed by atoms with E-state index in [1.807, 2.05) is 9.97 Å². The van der Waals surface area contributed by atoms with Crippen molar-refractivity contribution < 1.29 is 71.4 Å². The number of hydrogen-bond donors (Lipinski definition) is 13. The number of imidazole rings is 2. The van der Waals surface area contributed by atoms with Gasteiger partial charge in [-0.2, -0.15) is 37.5 Å². The van der Waals surface area contributed by atoms with Crippen LogP contribution in [0.4, 0.5) is 29.2 Å². The zero-order valence-electron chi connectivity index (χ0n) is 30.4. The number of aliphatic hydroxyl groups excluding tert-OH is 5. The lowest BCUT2D eigenvalue weighted by molar-refractivity contribution is -0.0511. The minimum atomic E-state index is -4.78. The van der Waals surface area contributed by atoms with Crippen LogP contribution < -0.4 is 34.0 Å². The van der Waals surface area contributed by atoms with E-state index in [1.54, 1.807) is 9.97 Å². The number of aliphatic hydroxyl groups is 5. The van der Waals surface area contributed by atoms with E-state index in [1.165, 1.54) is 10.9 Å². The number of nitrogen functional groups attached to an aromatic ring is 2. The number of phosphoric ester groups is 1. The molecule has 0 aromatic carbocycles. The molecule has 0 aliphatic carbocycles. The van der Waals surface area contributed by atoms with Crippen LogP contribution in [0.2, 0.25) is 0 Å². The number of nitrogens with zero attached hydrogens (tertiary/aromatic N) is 8. The third-order valence-electron chi connectivity index (χ3n) is 8.20. The molecule has 0 unspecified atom stereocenters. The largest absolute Gasteiger partial charge is 0.469 e. The molecular weight excluding hydrogens is 879 g/mol. The number of halogens is 4. The van der Waals surface area contributed by atoms with E-state index in [4.69, 9.17) is 35.8 Å². The number of anilines is 2. The van der Waals surface area contributed by atoms with Crippen LogP contribution in [0.15, 0.2) is 44.2 Å². The first kappa shape index (κ1) is 46.7. The molecule has 29 nitrogen and oxygen atoms in total. The summed E-state index contributed by atoms with van der Waals surface area (Å²) in [5.74, 6) is -2.34. The van der Waals surface area contributed by atoms with Gasteiger partial charge in [0, 0.05) is 12.4 Å². The van der Waals surface area contributed by atoms with E-state index in [-0.39, 0.29) is 34.0 Å². The van der Waals surface area contributed by atoms with Crippen LogP contribution in [0.5, 0.6) is 0 Å². The molecule has 8 atom stereocenters. The fourth-order valence-electron chi connectivity index (χ4n) is 5.36. The molecular formula is C28H31F4N14O15P. The molecule has 2 saturated heterocycles. The van der Waals surface area contributed by atoms with Crippen molar-refractivity contribution in [1.82, 2.24) is 59.0 Å². The SMILES string of the molecule is Nc1nc(F)nc2c1ncn2[C@@H]1O[C@H](CO)[C@@H](O)[C@@H]1O.Nc1nc(F)nc2c1ncn2[C@@H]1O[C@H](COP(=O)(O)O)[C@@H](O)[C@@H]1O.O=c1[nH]cc(F)c(=O)[nH]1.O=c1[nH]cc(F)c(=O)[nH]1. The predicted octanol–water partition coefficient (Wildman–Crippen LogP) is -5.16. The highest BCUT2D eigenvalue weighted by molar-refractivity contribution is 7.46. The van der Waals surface area contributed by atoms with Gasteiger partial charge in [0.1, 0.15) is 36.6 Å². The van der Waals surface area contributed by atoms with Gasteiger partial charge in [-0.1, -0.05) is 0 Å². The van der Waals surface area contributed by atoms with Crippen molar-refractivity contribution in [2.45, 2.75) is 49.1 Å². The summed E-state index contributed by atoms with van der Waals surface area (Å²) >= 11 is 0. The Bertz CT molecular complexity index is 2750. The van der Waals surface area contributed by atoms with Gasteiger partial charge in [0.05, 0.1) is 25.9 Å². The number of H-pyrrole nitrogens is 4. The number of aromatic nitrogens is 12. The Morgan fingerprint density at radius 3 is 1.45 bits per heavy atom. The van der Waals surface area contributed by atoms with Crippen LogP contribution >= 0.6 is 7.82 Å². The predicted molar refractivity (Wildman–Crippen MR) is 192 cm³/mol. The Morgan fingerprint density at radius 1 is 0.694 bits per heavy atom. The summed E-state index contributed by atoms with van der Waals surface area (Å²) in [7, 11) is -4.78. The fourth-order valence-corrected chi connectivity index (χ4v) is 5.70. The standard InChI is InChI=1S/C10H13FN5O7P.C10H12FN5O4.2C4H3FN2O2/c11-10-14-7(12)4-8(15-10)16(2-13-4)9-6(18)5(17)3(23-9)1-22-24(19,20)21;11-10-14-7(12)4-8(15-10)16(2-13-4)9-6(19)5(18)3(1-17)20-9;2*5-2-1-6-4(9)7-3(2)8/h2-3,5-6,9,17-18H,1H2,(H2,12,14,15)(H2,19,20,21);2-3,5-6,9,17-19H,1H2,(H2,12,14,15);2*1H,(H2,6,7,8,9)/t2*3-,5-,6+,9-;;/m11../s1. The summed E-state index contributed by atoms with van der Waals surface area (Å²) < 4.78 is 78.5. The van der Waals surface area contributed by atoms with E-state index in [0.29, 0.717) is 12.4 Å². The average Bonchev–Trinajstić information content (AvgIpc) is 3.95. The monoisotopic (exact) mass is 910 g/mol. The first-order chi connectivity index (χ1) is 29.1. The highest BCUT2D eigenvalue weighted by atomic mass is 31.2. The molecule has 2 aliphatic rings. The van der Waals surface area contributed by atoms with E-state index >= 15 is 0 Å². The van der Waals surface area contributed by atoms with E-state index in [9.17, 15) is 61.7 Å². The lowest BCUT2D eigenvalue weighted by Crippen LogP contribution is -2.33. The van der Waals surface area contributed by atoms with Gasteiger partial charge in [0.25, 0.3) is 11.1 Å². The van der Waals surface area contributed by atoms with Crippen LogP contribution in [-0.2, 0) is 18.6 Å². The van der Waals surface area contributed by atoms with Gasteiger partial charge in [0.2, 0.25) is 11.6 Å². The summed E-state index contributed by atoms with van der Waals surface area (Å²) in [6.45, 7) is -1.13. The number of phosphoric acid groups is 1. The Labute approximate surface area is 336 Å². The first-order valence-electron chi connectivity index (χ1n) is 16.7. The van der Waals surface area contributed by atoms with Gasteiger partial charge in [-0.25, -0.2) is 24.1 Å².